The zero-order chi connectivity index (χ0) is 20.5. The summed E-state index contributed by atoms with van der Waals surface area (Å²) >= 11 is 6.82. The van der Waals surface area contributed by atoms with E-state index in [2.05, 4.69) is 31.3 Å². The Balaban J connectivity index is 1.31. The van der Waals surface area contributed by atoms with Gasteiger partial charge in [0.2, 0.25) is 0 Å². The smallest absolute Gasteiger partial charge is 0.0791 e. The third-order valence-electron chi connectivity index (χ3n) is 10.8. The molecule has 1 saturated heterocycles. The van der Waals surface area contributed by atoms with Gasteiger partial charge in [0.1, 0.15) is 0 Å². The van der Waals surface area contributed by atoms with Crippen LogP contribution in [-0.4, -0.2) is 29.7 Å². The average Bonchev–Trinajstić information content (AvgIpc) is 3.24. The van der Waals surface area contributed by atoms with E-state index < -0.39 is 0 Å². The second-order valence-corrected chi connectivity index (χ2v) is 12.8. The molecule has 0 radical (unpaired) electrons. The Hall–Kier alpha value is -0.0500. The molecule has 4 saturated carbocycles. The first-order valence-corrected chi connectivity index (χ1v) is 13.7. The molecular weight excluding hydrogens is 390 g/mol. The van der Waals surface area contributed by atoms with Crippen LogP contribution in [0.3, 0.4) is 0 Å². The van der Waals surface area contributed by atoms with Gasteiger partial charge in [-0.1, -0.05) is 45.3 Å². The molecule has 168 valence electrons. The third-order valence-corrected chi connectivity index (χ3v) is 11.3. The van der Waals surface area contributed by atoms with Gasteiger partial charge in [-0.3, -0.25) is 0 Å². The van der Waals surface area contributed by atoms with Gasteiger partial charge < -0.3 is 10.1 Å². The van der Waals surface area contributed by atoms with Crippen LogP contribution in [0.25, 0.3) is 0 Å². The molecule has 11 unspecified atom stereocenters. The molecule has 3 heteroatoms. The fourth-order valence-corrected chi connectivity index (χ4v) is 9.86. The molecule has 1 aliphatic heterocycles. The molecule has 6 rings (SSSR count). The lowest BCUT2D eigenvalue weighted by atomic mass is 9.63. The maximum absolute atomic E-state index is 6.94. The van der Waals surface area contributed by atoms with Crippen molar-refractivity contribution in [1.29, 1.82) is 0 Å². The van der Waals surface area contributed by atoms with Gasteiger partial charge in [-0.2, -0.15) is 0 Å². The first-order valence-electron chi connectivity index (χ1n) is 13.3. The Morgan fingerprint density at radius 1 is 0.833 bits per heavy atom. The van der Waals surface area contributed by atoms with Crippen LogP contribution in [0.4, 0.5) is 0 Å². The lowest BCUT2D eigenvalue weighted by Crippen LogP contribution is -2.53. The molecule has 0 spiro atoms. The van der Waals surface area contributed by atoms with Crippen LogP contribution in [0.15, 0.2) is 12.2 Å². The van der Waals surface area contributed by atoms with Crippen molar-refractivity contribution in [1.82, 2.24) is 5.32 Å². The average molecular weight is 432 g/mol. The first-order chi connectivity index (χ1) is 14.6. The number of hydrogen-bond acceptors (Lipinski definition) is 2. The van der Waals surface area contributed by atoms with E-state index in [1.54, 1.807) is 0 Å². The first kappa shape index (κ1) is 20.5. The van der Waals surface area contributed by atoms with E-state index in [0.29, 0.717) is 35.1 Å². The van der Waals surface area contributed by atoms with Crippen LogP contribution in [0.2, 0.25) is 0 Å². The summed E-state index contributed by atoms with van der Waals surface area (Å²) in [7, 11) is 0. The highest BCUT2D eigenvalue weighted by molar-refractivity contribution is 6.21. The SMILES string of the molecule is CC1(C)C2CCCC(NC3CCCCC3Cl)C2C2C3OC4C=CCCC4C3CCC21. The quantitative estimate of drug-likeness (QED) is 0.407. The molecule has 0 aromatic heterocycles. The summed E-state index contributed by atoms with van der Waals surface area (Å²) in [6.45, 7) is 5.23. The molecule has 5 aliphatic carbocycles. The zero-order valence-electron chi connectivity index (χ0n) is 19.1. The second-order valence-electron chi connectivity index (χ2n) is 12.3. The molecule has 0 aromatic carbocycles. The molecular formula is C27H42ClNO. The van der Waals surface area contributed by atoms with Crippen molar-refractivity contribution < 1.29 is 4.74 Å². The van der Waals surface area contributed by atoms with E-state index in [4.69, 9.17) is 16.3 Å². The number of fused-ring (bicyclic) bond motifs is 7. The van der Waals surface area contributed by atoms with Crippen molar-refractivity contribution in [2.24, 2.45) is 40.9 Å². The lowest BCUT2D eigenvalue weighted by Gasteiger charge is -2.45. The number of alkyl halides is 1. The Morgan fingerprint density at radius 2 is 1.63 bits per heavy atom. The summed E-state index contributed by atoms with van der Waals surface area (Å²) in [6.07, 6.45) is 20.5. The van der Waals surface area contributed by atoms with E-state index in [-0.39, 0.29) is 0 Å². The molecule has 11 atom stereocenters. The van der Waals surface area contributed by atoms with E-state index in [9.17, 15) is 0 Å². The Morgan fingerprint density at radius 3 is 2.50 bits per heavy atom. The summed E-state index contributed by atoms with van der Waals surface area (Å²) in [6, 6.07) is 1.18. The van der Waals surface area contributed by atoms with E-state index in [1.165, 1.54) is 70.6 Å². The monoisotopic (exact) mass is 431 g/mol. The fraction of sp³-hybridized carbons (Fsp3) is 0.926. The normalized spacial score (nSPS) is 54.2. The lowest BCUT2D eigenvalue weighted by molar-refractivity contribution is -0.0490. The Kier molecular flexibility index (Phi) is 5.32. The predicted molar refractivity (Wildman–Crippen MR) is 124 cm³/mol. The number of nitrogens with one attached hydrogen (secondary N) is 1. The van der Waals surface area contributed by atoms with Crippen molar-refractivity contribution in [3.8, 4) is 0 Å². The fourth-order valence-electron chi connectivity index (χ4n) is 9.50. The van der Waals surface area contributed by atoms with Crippen molar-refractivity contribution in [3.05, 3.63) is 12.2 Å². The molecule has 1 N–H and O–H groups in total. The van der Waals surface area contributed by atoms with Gasteiger partial charge in [-0.05, 0) is 92.3 Å². The highest BCUT2D eigenvalue weighted by Crippen LogP contribution is 2.66. The second kappa shape index (κ2) is 7.77. The Labute approximate surface area is 188 Å². The molecule has 30 heavy (non-hydrogen) atoms. The van der Waals surface area contributed by atoms with E-state index >= 15 is 0 Å². The van der Waals surface area contributed by atoms with Crippen LogP contribution in [0, 0.1) is 40.9 Å². The summed E-state index contributed by atoms with van der Waals surface area (Å²) in [5, 5.41) is 4.52. The van der Waals surface area contributed by atoms with E-state index in [0.717, 1.165) is 35.5 Å². The summed E-state index contributed by atoms with van der Waals surface area (Å²) in [4.78, 5) is 0. The van der Waals surface area contributed by atoms with Crippen LogP contribution in [0.1, 0.15) is 84.5 Å². The third kappa shape index (κ3) is 3.10. The minimum atomic E-state index is 0.333. The van der Waals surface area contributed by atoms with Crippen molar-refractivity contribution in [3.63, 3.8) is 0 Å². The molecule has 0 aromatic rings. The van der Waals surface area contributed by atoms with Crippen LogP contribution < -0.4 is 5.32 Å². The number of halogens is 1. The molecule has 2 nitrogen and oxygen atoms in total. The van der Waals surface area contributed by atoms with Gasteiger partial charge in [0.05, 0.1) is 12.2 Å². The summed E-state index contributed by atoms with van der Waals surface area (Å²) < 4.78 is 6.94. The van der Waals surface area contributed by atoms with Gasteiger partial charge >= 0.3 is 0 Å². The number of allylic oxidation sites excluding steroid dienone is 1. The minimum absolute atomic E-state index is 0.333. The maximum Gasteiger partial charge on any atom is 0.0791 e. The van der Waals surface area contributed by atoms with Gasteiger partial charge in [0, 0.05) is 17.5 Å². The van der Waals surface area contributed by atoms with Gasteiger partial charge in [-0.25, -0.2) is 0 Å². The molecule has 5 fully saturated rings. The summed E-state index contributed by atoms with van der Waals surface area (Å²) in [5.41, 5.74) is 0.459. The maximum atomic E-state index is 6.94. The number of rotatable bonds is 2. The highest BCUT2D eigenvalue weighted by Gasteiger charge is 2.64. The molecule has 0 bridgehead atoms. The Bertz CT molecular complexity index is 676. The highest BCUT2D eigenvalue weighted by atomic mass is 35.5. The van der Waals surface area contributed by atoms with Gasteiger partial charge in [-0.15, -0.1) is 11.6 Å². The van der Waals surface area contributed by atoms with Gasteiger partial charge in [0.15, 0.2) is 0 Å². The zero-order valence-corrected chi connectivity index (χ0v) is 19.8. The van der Waals surface area contributed by atoms with Crippen molar-refractivity contribution >= 4 is 11.6 Å². The minimum Gasteiger partial charge on any atom is -0.370 e. The molecule has 1 heterocycles. The molecule has 0 amide bonds. The van der Waals surface area contributed by atoms with Crippen LogP contribution >= 0.6 is 11.6 Å². The van der Waals surface area contributed by atoms with Gasteiger partial charge in [0.25, 0.3) is 0 Å². The number of hydrogen-bond donors (Lipinski definition) is 1. The predicted octanol–water partition coefficient (Wildman–Crippen LogP) is 6.33. The van der Waals surface area contributed by atoms with E-state index in [1.807, 2.05) is 0 Å². The summed E-state index contributed by atoms with van der Waals surface area (Å²) in [5.74, 6) is 4.87. The van der Waals surface area contributed by atoms with Crippen LogP contribution in [-0.2, 0) is 4.74 Å². The topological polar surface area (TPSA) is 21.3 Å². The largest absolute Gasteiger partial charge is 0.370 e. The van der Waals surface area contributed by atoms with Crippen LogP contribution in [0.5, 0.6) is 0 Å². The van der Waals surface area contributed by atoms with Crippen molar-refractivity contribution in [2.75, 3.05) is 0 Å². The van der Waals surface area contributed by atoms with Crippen molar-refractivity contribution in [2.45, 2.75) is 114 Å². The number of ether oxygens (including phenoxy) is 1. The standard InChI is InChI=1S/C27H42ClNO/c1-27(2)18-9-7-12-22(29-21-11-5-4-10-20(21)28)24(18)25-19(27)15-14-17-16-8-3-6-13-23(16)30-26(17)25/h6,13,16-26,29H,3-5,7-12,14-15H2,1-2H3. The molecule has 6 aliphatic rings.